The van der Waals surface area contributed by atoms with Crippen molar-refractivity contribution in [1.29, 1.82) is 0 Å². The zero-order valence-electron chi connectivity index (χ0n) is 21.0. The van der Waals surface area contributed by atoms with Crippen molar-refractivity contribution in [3.05, 3.63) is 41.2 Å². The number of sulfonamides is 1. The highest BCUT2D eigenvalue weighted by atomic mass is 32.2. The van der Waals surface area contributed by atoms with Crippen LogP contribution in [0.2, 0.25) is 0 Å². The maximum absolute atomic E-state index is 12.8. The average molecular weight is 514 g/mol. The number of nitrogens with one attached hydrogen (secondary N) is 1. The largest absolute Gasteiger partial charge is 0.489 e. The second-order valence-electron chi connectivity index (χ2n) is 10.1. The van der Waals surface area contributed by atoms with Crippen LogP contribution in [0.4, 0.5) is 5.69 Å². The molecule has 36 heavy (non-hydrogen) atoms. The van der Waals surface area contributed by atoms with Crippen molar-refractivity contribution in [2.45, 2.75) is 64.5 Å². The quantitative estimate of drug-likeness (QED) is 0.486. The molecule has 1 aromatic carbocycles. The number of hydrogen-bond acceptors (Lipinski definition) is 8. The summed E-state index contributed by atoms with van der Waals surface area (Å²) in [5.41, 5.74) is 10.6. The van der Waals surface area contributed by atoms with Crippen molar-refractivity contribution in [3.8, 4) is 17.2 Å². The molecule has 0 spiro atoms. The van der Waals surface area contributed by atoms with E-state index in [2.05, 4.69) is 25.8 Å². The first kappa shape index (κ1) is 25.0. The van der Waals surface area contributed by atoms with Gasteiger partial charge < -0.3 is 19.9 Å². The van der Waals surface area contributed by atoms with Crippen molar-refractivity contribution in [1.82, 2.24) is 19.8 Å². The Bertz CT molecular complexity index is 1270. The number of allylic oxidation sites excluding steroid dienone is 3. The molecule has 10 heteroatoms. The van der Waals surface area contributed by atoms with Gasteiger partial charge in [0.15, 0.2) is 0 Å². The van der Waals surface area contributed by atoms with Crippen LogP contribution in [-0.2, 0) is 10.0 Å². The predicted molar refractivity (Wildman–Crippen MR) is 140 cm³/mol. The van der Waals surface area contributed by atoms with Crippen molar-refractivity contribution in [2.75, 3.05) is 31.1 Å². The van der Waals surface area contributed by atoms with E-state index in [1.54, 1.807) is 6.07 Å². The second-order valence-corrected chi connectivity index (χ2v) is 12.0. The lowest BCUT2D eigenvalue weighted by atomic mass is 9.91. The molecule has 1 saturated heterocycles. The first-order valence-electron chi connectivity index (χ1n) is 12.8. The highest BCUT2D eigenvalue weighted by Crippen LogP contribution is 2.42. The topological polar surface area (TPSA) is 124 Å². The van der Waals surface area contributed by atoms with Gasteiger partial charge in [0, 0.05) is 23.7 Å². The molecule has 9 nitrogen and oxygen atoms in total. The third-order valence-electron chi connectivity index (χ3n) is 7.06. The van der Waals surface area contributed by atoms with Gasteiger partial charge in [0.25, 0.3) is 5.89 Å². The number of hydrogen-bond donors (Lipinski definition) is 2. The summed E-state index contributed by atoms with van der Waals surface area (Å²) in [6.07, 6.45) is 7.68. The lowest BCUT2D eigenvalue weighted by molar-refractivity contribution is 0.244. The SMILES string of the molecule is CC(C)Oc1ccc(-c2nc(C3=CCCC4=C3CC[C@@H]4NS(=O)(=O)CCN3CCCC3)no2)cc1N. The lowest BCUT2D eigenvalue weighted by Gasteiger charge is -2.21. The zero-order valence-corrected chi connectivity index (χ0v) is 21.8. The molecule has 1 atom stereocenters. The molecule has 0 bridgehead atoms. The third kappa shape index (κ3) is 5.50. The van der Waals surface area contributed by atoms with Crippen LogP contribution in [0.5, 0.6) is 5.75 Å². The number of nitrogens with two attached hydrogens (primary N) is 1. The maximum atomic E-state index is 12.8. The zero-order chi connectivity index (χ0) is 25.3. The third-order valence-corrected chi connectivity index (χ3v) is 8.43. The number of aromatic nitrogens is 2. The van der Waals surface area contributed by atoms with E-state index in [1.165, 1.54) is 0 Å². The summed E-state index contributed by atoms with van der Waals surface area (Å²) in [7, 11) is -3.35. The van der Waals surface area contributed by atoms with E-state index >= 15 is 0 Å². The summed E-state index contributed by atoms with van der Waals surface area (Å²) in [6.45, 7) is 6.49. The summed E-state index contributed by atoms with van der Waals surface area (Å²) >= 11 is 0. The summed E-state index contributed by atoms with van der Waals surface area (Å²) in [4.78, 5) is 6.88. The monoisotopic (exact) mass is 513 g/mol. The second kappa shape index (κ2) is 10.4. The number of rotatable bonds is 9. The first-order chi connectivity index (χ1) is 17.3. The van der Waals surface area contributed by atoms with E-state index in [4.69, 9.17) is 15.0 Å². The van der Waals surface area contributed by atoms with E-state index in [9.17, 15) is 8.42 Å². The van der Waals surface area contributed by atoms with E-state index in [1.807, 2.05) is 26.0 Å². The van der Waals surface area contributed by atoms with Crippen LogP contribution in [0.3, 0.4) is 0 Å². The highest BCUT2D eigenvalue weighted by Gasteiger charge is 2.33. The summed E-state index contributed by atoms with van der Waals surface area (Å²) in [6, 6.07) is 5.28. The summed E-state index contributed by atoms with van der Waals surface area (Å²) < 4.78 is 39.9. The molecule has 1 fully saturated rings. The van der Waals surface area contributed by atoms with Crippen LogP contribution >= 0.6 is 0 Å². The fourth-order valence-corrected chi connectivity index (χ4v) is 6.65. The molecule has 0 amide bonds. The Morgan fingerprint density at radius 3 is 2.81 bits per heavy atom. The van der Waals surface area contributed by atoms with E-state index in [0.717, 1.165) is 73.9 Å². The molecule has 0 radical (unpaired) electrons. The van der Waals surface area contributed by atoms with Crippen LogP contribution in [0.25, 0.3) is 17.0 Å². The fraction of sp³-hybridized carbons (Fsp3) is 0.538. The van der Waals surface area contributed by atoms with Crippen LogP contribution < -0.4 is 15.2 Å². The molecule has 1 aromatic heterocycles. The minimum Gasteiger partial charge on any atom is -0.489 e. The van der Waals surface area contributed by atoms with Crippen molar-refractivity contribution >= 4 is 21.3 Å². The number of nitrogens with zero attached hydrogens (tertiary/aromatic N) is 3. The van der Waals surface area contributed by atoms with E-state index in [-0.39, 0.29) is 17.9 Å². The number of anilines is 1. The van der Waals surface area contributed by atoms with Crippen LogP contribution in [0, 0.1) is 0 Å². The fourth-order valence-electron chi connectivity index (χ4n) is 5.34. The number of likely N-dealkylation sites (tertiary alicyclic amines) is 1. The van der Waals surface area contributed by atoms with Crippen LogP contribution in [0.1, 0.15) is 58.2 Å². The Morgan fingerprint density at radius 1 is 1.25 bits per heavy atom. The average Bonchev–Trinajstić information content (AvgIpc) is 3.60. The predicted octanol–water partition coefficient (Wildman–Crippen LogP) is 3.76. The van der Waals surface area contributed by atoms with E-state index < -0.39 is 10.0 Å². The molecule has 0 saturated carbocycles. The molecule has 3 N–H and O–H groups in total. The number of ether oxygens (including phenoxy) is 1. The van der Waals surface area contributed by atoms with E-state index in [0.29, 0.717) is 29.7 Å². The Labute approximate surface area is 212 Å². The first-order valence-corrected chi connectivity index (χ1v) is 14.5. The molecule has 0 unspecified atom stereocenters. The highest BCUT2D eigenvalue weighted by molar-refractivity contribution is 7.89. The summed E-state index contributed by atoms with van der Waals surface area (Å²) in [5, 5.41) is 4.25. The molecule has 1 aliphatic heterocycles. The smallest absolute Gasteiger partial charge is 0.258 e. The Hall–Kier alpha value is -2.69. The number of nitrogen functional groups attached to an aromatic ring is 1. The number of benzene rings is 1. The molecule has 5 rings (SSSR count). The lowest BCUT2D eigenvalue weighted by Crippen LogP contribution is -2.39. The van der Waals surface area contributed by atoms with Gasteiger partial charge in [-0.3, -0.25) is 0 Å². The maximum Gasteiger partial charge on any atom is 0.258 e. The molecule has 194 valence electrons. The Morgan fingerprint density at radius 2 is 2.06 bits per heavy atom. The van der Waals surface area contributed by atoms with Gasteiger partial charge in [-0.05, 0) is 94.8 Å². The van der Waals surface area contributed by atoms with Gasteiger partial charge in [-0.25, -0.2) is 13.1 Å². The van der Waals surface area contributed by atoms with Crippen LogP contribution in [0.15, 0.2) is 39.9 Å². The Kier molecular flexibility index (Phi) is 7.18. The van der Waals surface area contributed by atoms with Gasteiger partial charge in [-0.1, -0.05) is 11.2 Å². The molecular weight excluding hydrogens is 478 g/mol. The minimum atomic E-state index is -3.35. The minimum absolute atomic E-state index is 0.0265. The standard InChI is InChI=1S/C26H35N5O4S/c1-17(2)34-24-11-8-18(16-22(24)27)26-28-25(29-35-26)21-7-5-6-20-19(21)9-10-23(20)30-36(32,33)15-14-31-12-3-4-13-31/h7-8,11,16-17,23,30H,3-6,9-10,12-15,27H2,1-2H3/t23-/m0/s1. The Balaban J connectivity index is 1.29. The van der Waals surface area contributed by atoms with Crippen LogP contribution in [-0.4, -0.2) is 61.0 Å². The summed E-state index contributed by atoms with van der Waals surface area (Å²) in [5.74, 6) is 1.68. The van der Waals surface area contributed by atoms with Gasteiger partial charge in [0.2, 0.25) is 15.8 Å². The molecule has 3 aliphatic rings. The van der Waals surface area contributed by atoms with Crippen molar-refractivity contribution in [2.24, 2.45) is 0 Å². The molecule has 2 heterocycles. The van der Waals surface area contributed by atoms with Crippen molar-refractivity contribution < 1.29 is 17.7 Å². The van der Waals surface area contributed by atoms with Gasteiger partial charge in [-0.15, -0.1) is 0 Å². The van der Waals surface area contributed by atoms with Crippen molar-refractivity contribution in [3.63, 3.8) is 0 Å². The molecule has 2 aromatic rings. The van der Waals surface area contributed by atoms with Gasteiger partial charge >= 0.3 is 0 Å². The normalized spacial score (nSPS) is 20.8. The molecule has 2 aliphatic carbocycles. The van der Waals surface area contributed by atoms with Gasteiger partial charge in [0.05, 0.1) is 17.5 Å². The molecular formula is C26H35N5O4S. The van der Waals surface area contributed by atoms with Gasteiger partial charge in [0.1, 0.15) is 5.75 Å². The van der Waals surface area contributed by atoms with Gasteiger partial charge in [-0.2, -0.15) is 4.98 Å².